The van der Waals surface area contributed by atoms with Crippen LogP contribution in [0.3, 0.4) is 0 Å². The number of nitrogens with zero attached hydrogens (tertiary/aromatic N) is 6. The number of hydrazone groups is 1. The average molecular weight is 467 g/mol. The van der Waals surface area contributed by atoms with E-state index in [0.29, 0.717) is 29.4 Å². The Hall–Kier alpha value is -3.59. The van der Waals surface area contributed by atoms with Crippen molar-refractivity contribution in [1.29, 1.82) is 0 Å². The van der Waals surface area contributed by atoms with Crippen molar-refractivity contribution < 1.29 is 9.84 Å². The molecule has 1 aliphatic carbocycles. The molecular formula is C25H34N6O3. The second-order valence-corrected chi connectivity index (χ2v) is 7.73. The smallest absolute Gasteiger partial charge is 0.203 e. The lowest BCUT2D eigenvalue weighted by molar-refractivity contribution is 0.122. The van der Waals surface area contributed by atoms with Gasteiger partial charge in [-0.05, 0) is 19.8 Å². The van der Waals surface area contributed by atoms with E-state index in [2.05, 4.69) is 32.8 Å². The Morgan fingerprint density at radius 1 is 1.35 bits per heavy atom. The van der Waals surface area contributed by atoms with Crippen LogP contribution in [0.5, 0.6) is 5.75 Å². The molecule has 1 unspecified atom stereocenters. The van der Waals surface area contributed by atoms with Crippen LogP contribution in [0.1, 0.15) is 45.1 Å². The van der Waals surface area contributed by atoms with Crippen LogP contribution in [-0.4, -0.2) is 62.9 Å². The van der Waals surface area contributed by atoms with Crippen LogP contribution >= 0.6 is 0 Å². The van der Waals surface area contributed by atoms with Crippen LogP contribution < -0.4 is 10.2 Å². The largest absolute Gasteiger partial charge is 0.488 e. The lowest BCUT2D eigenvalue weighted by atomic mass is 9.95. The van der Waals surface area contributed by atoms with Crippen LogP contribution in [0.2, 0.25) is 0 Å². The Morgan fingerprint density at radius 2 is 2.06 bits per heavy atom. The van der Waals surface area contributed by atoms with Gasteiger partial charge in [0.15, 0.2) is 11.6 Å². The molecule has 0 aromatic carbocycles. The van der Waals surface area contributed by atoms with Crippen molar-refractivity contribution in [3.05, 3.63) is 70.7 Å². The Bertz CT molecular complexity index is 1100. The molecule has 2 aromatic heterocycles. The lowest BCUT2D eigenvalue weighted by Gasteiger charge is -2.14. The summed E-state index contributed by atoms with van der Waals surface area (Å²) in [5.74, 6) is 1.08. The van der Waals surface area contributed by atoms with Crippen molar-refractivity contribution in [2.45, 2.75) is 46.1 Å². The summed E-state index contributed by atoms with van der Waals surface area (Å²) in [6, 6.07) is 1.49. The average Bonchev–Trinajstić information content (AvgIpc) is 2.84. The first-order valence-electron chi connectivity index (χ1n) is 11.3. The Kier molecular flexibility index (Phi) is 10.3. The van der Waals surface area contributed by atoms with Crippen molar-refractivity contribution in [3.8, 4) is 5.75 Å². The fourth-order valence-corrected chi connectivity index (χ4v) is 3.00. The normalized spacial score (nSPS) is 13.9. The third kappa shape index (κ3) is 8.08. The number of hydrogen-bond acceptors (Lipinski definition) is 8. The monoisotopic (exact) mass is 466 g/mol. The predicted octanol–water partition coefficient (Wildman–Crippen LogP) is 3.18. The second kappa shape index (κ2) is 13.2. The molecule has 0 fully saturated rings. The minimum atomic E-state index is -0.560. The molecule has 9 heteroatoms. The van der Waals surface area contributed by atoms with E-state index in [1.165, 1.54) is 6.07 Å². The number of allylic oxidation sites excluding steroid dienone is 5. The van der Waals surface area contributed by atoms with Gasteiger partial charge in [-0.15, -0.1) is 0 Å². The van der Waals surface area contributed by atoms with E-state index >= 15 is 0 Å². The Labute approximate surface area is 200 Å². The van der Waals surface area contributed by atoms with Crippen molar-refractivity contribution in [2.75, 3.05) is 20.7 Å². The molecule has 9 nitrogen and oxygen atoms in total. The van der Waals surface area contributed by atoms with E-state index in [9.17, 15) is 9.90 Å². The summed E-state index contributed by atoms with van der Waals surface area (Å²) in [5, 5.41) is 19.6. The third-order valence-corrected chi connectivity index (χ3v) is 4.57. The number of ether oxygens (including phenoxy) is 1. The van der Waals surface area contributed by atoms with Gasteiger partial charge in [0.1, 0.15) is 12.3 Å². The summed E-state index contributed by atoms with van der Waals surface area (Å²) in [7, 11) is 3.63. The summed E-state index contributed by atoms with van der Waals surface area (Å²) < 4.78 is 6.96. The van der Waals surface area contributed by atoms with Crippen molar-refractivity contribution in [1.82, 2.24) is 24.8 Å². The quantitative estimate of drug-likeness (QED) is 0.447. The molecule has 1 aliphatic rings. The Morgan fingerprint density at radius 3 is 2.71 bits per heavy atom. The summed E-state index contributed by atoms with van der Waals surface area (Å²) in [6.45, 7) is 9.79. The van der Waals surface area contributed by atoms with Gasteiger partial charge < -0.3 is 14.9 Å². The van der Waals surface area contributed by atoms with Gasteiger partial charge in [-0.1, -0.05) is 38.2 Å². The predicted molar refractivity (Wildman–Crippen MR) is 136 cm³/mol. The first-order valence-corrected chi connectivity index (χ1v) is 11.3. The second-order valence-electron chi connectivity index (χ2n) is 7.73. The molecule has 0 saturated carbocycles. The first-order chi connectivity index (χ1) is 16.3. The maximum atomic E-state index is 12.4. The van der Waals surface area contributed by atoms with Crippen LogP contribution in [0.25, 0.3) is 11.3 Å². The molecule has 0 bridgehead atoms. The molecule has 3 rings (SSSR count). The maximum Gasteiger partial charge on any atom is 0.203 e. The highest BCUT2D eigenvalue weighted by atomic mass is 16.5. The molecule has 1 N–H and O–H groups in total. The van der Waals surface area contributed by atoms with Gasteiger partial charge in [0.05, 0.1) is 30.4 Å². The number of aliphatic hydroxyl groups is 1. The lowest BCUT2D eigenvalue weighted by Crippen LogP contribution is -2.18. The third-order valence-electron chi connectivity index (χ3n) is 4.57. The topological polar surface area (TPSA) is 106 Å². The molecule has 34 heavy (non-hydrogen) atoms. The van der Waals surface area contributed by atoms with Crippen LogP contribution in [-0.2, 0) is 6.42 Å². The van der Waals surface area contributed by atoms with Crippen LogP contribution in [0, 0.1) is 0 Å². The summed E-state index contributed by atoms with van der Waals surface area (Å²) in [6.07, 6.45) is 12.0. The molecule has 1 atom stereocenters. The molecule has 2 heterocycles. The fraction of sp³-hybridized carbons (Fsp3) is 0.400. The van der Waals surface area contributed by atoms with E-state index in [1.54, 1.807) is 41.4 Å². The minimum absolute atomic E-state index is 0.119. The van der Waals surface area contributed by atoms with Gasteiger partial charge in [0, 0.05) is 38.4 Å². The molecule has 0 amide bonds. The van der Waals surface area contributed by atoms with E-state index < -0.39 is 6.10 Å². The highest BCUT2D eigenvalue weighted by Crippen LogP contribution is 2.25. The van der Waals surface area contributed by atoms with Gasteiger partial charge in [-0.25, -0.2) is 14.6 Å². The van der Waals surface area contributed by atoms with Crippen molar-refractivity contribution >= 4 is 17.5 Å². The SMILES string of the molecule is C=C(/C=N\N(C)C)n1ccc(=O)c(CC2=CC(c3ncc(OCC(C)O)cn3)=CCC2)n1.CC. The number of aliphatic hydroxyl groups excluding tert-OH is 1. The van der Waals surface area contributed by atoms with Gasteiger partial charge >= 0.3 is 0 Å². The van der Waals surface area contributed by atoms with E-state index in [-0.39, 0.29) is 12.0 Å². The zero-order valence-corrected chi connectivity index (χ0v) is 20.6. The summed E-state index contributed by atoms with van der Waals surface area (Å²) >= 11 is 0. The van der Waals surface area contributed by atoms with E-state index in [4.69, 9.17) is 4.74 Å². The first kappa shape index (κ1) is 26.7. The van der Waals surface area contributed by atoms with Gasteiger partial charge in [0.2, 0.25) is 5.43 Å². The number of aromatic nitrogens is 4. The maximum absolute atomic E-state index is 12.4. The van der Waals surface area contributed by atoms with Crippen molar-refractivity contribution in [2.24, 2.45) is 5.10 Å². The van der Waals surface area contributed by atoms with Crippen molar-refractivity contribution in [3.63, 3.8) is 0 Å². The van der Waals surface area contributed by atoms with Crippen LogP contribution in [0.4, 0.5) is 0 Å². The zero-order chi connectivity index (χ0) is 25.1. The molecule has 0 radical (unpaired) electrons. The molecule has 2 aromatic rings. The molecule has 0 saturated heterocycles. The molecule has 0 spiro atoms. The van der Waals surface area contributed by atoms with Gasteiger partial charge in [0.25, 0.3) is 0 Å². The molecule has 0 aliphatic heterocycles. The van der Waals surface area contributed by atoms with Crippen LogP contribution in [0.15, 0.2) is 58.9 Å². The zero-order valence-electron chi connectivity index (χ0n) is 20.6. The number of rotatable bonds is 9. The fourth-order valence-electron chi connectivity index (χ4n) is 3.00. The molecule has 182 valence electrons. The van der Waals surface area contributed by atoms with E-state index in [0.717, 1.165) is 24.0 Å². The summed E-state index contributed by atoms with van der Waals surface area (Å²) in [5.41, 5.74) is 2.86. The Balaban J connectivity index is 0.00000199. The number of hydrogen-bond donors (Lipinski definition) is 1. The summed E-state index contributed by atoms with van der Waals surface area (Å²) in [4.78, 5) is 21.1. The highest BCUT2D eigenvalue weighted by molar-refractivity contribution is 6.00. The van der Waals surface area contributed by atoms with Gasteiger partial charge in [-0.3, -0.25) is 4.79 Å². The molecular weight excluding hydrogens is 432 g/mol. The van der Waals surface area contributed by atoms with E-state index in [1.807, 2.05) is 34.0 Å². The van der Waals surface area contributed by atoms with Gasteiger partial charge in [-0.2, -0.15) is 10.2 Å². The standard InChI is InChI=1S/C23H28N6O3.C2H6/c1-16(12-26-28(3)4)29-9-8-22(31)21(27-29)11-18-6-5-7-19(10-18)23-24-13-20(14-25-23)32-15-17(2)30;1-2/h7-10,12-14,17,30H,1,5-6,11,15H2,2-4H3;1-2H3/b26-12-;. The highest BCUT2D eigenvalue weighted by Gasteiger charge is 2.13. The minimum Gasteiger partial charge on any atom is -0.488 e.